The van der Waals surface area contributed by atoms with Gasteiger partial charge in [-0.15, -0.1) is 0 Å². The van der Waals surface area contributed by atoms with Crippen LogP contribution in [0, 0.1) is 5.92 Å². The van der Waals surface area contributed by atoms with Gasteiger partial charge in [-0.05, 0) is 42.7 Å². The van der Waals surface area contributed by atoms with E-state index in [9.17, 15) is 18.0 Å². The van der Waals surface area contributed by atoms with E-state index in [1.165, 1.54) is 11.2 Å². The highest BCUT2D eigenvalue weighted by atomic mass is 19.4. The molecule has 8 nitrogen and oxygen atoms in total. The maximum Gasteiger partial charge on any atom is 0.408 e. The molecular formula is C26H29F3N6O2. The van der Waals surface area contributed by atoms with Crippen molar-refractivity contribution in [3.8, 4) is 11.3 Å². The fraction of sp³-hybridized carbons (Fsp3) is 0.423. The van der Waals surface area contributed by atoms with Gasteiger partial charge in [-0.1, -0.05) is 18.7 Å². The number of piperidine rings is 1. The molecule has 0 aliphatic carbocycles. The number of ether oxygens (including phenoxy) is 1. The summed E-state index contributed by atoms with van der Waals surface area (Å²) in [4.78, 5) is 27.7. The molecule has 5 rings (SSSR count). The van der Waals surface area contributed by atoms with Gasteiger partial charge in [-0.3, -0.25) is 4.79 Å². The van der Waals surface area contributed by atoms with Crippen molar-refractivity contribution in [1.82, 2.24) is 19.9 Å². The monoisotopic (exact) mass is 514 g/mol. The highest BCUT2D eigenvalue weighted by Crippen LogP contribution is 2.35. The van der Waals surface area contributed by atoms with Crippen LogP contribution < -0.4 is 10.2 Å². The van der Waals surface area contributed by atoms with Gasteiger partial charge >= 0.3 is 6.18 Å². The van der Waals surface area contributed by atoms with Gasteiger partial charge in [0, 0.05) is 43.5 Å². The topological polar surface area (TPSA) is 86.4 Å². The van der Waals surface area contributed by atoms with Crippen molar-refractivity contribution < 1.29 is 22.7 Å². The number of carbonyl (C=O) groups excluding carboxylic acids is 1. The van der Waals surface area contributed by atoms with E-state index >= 15 is 0 Å². The lowest BCUT2D eigenvalue weighted by atomic mass is 9.89. The molecule has 3 aromatic rings. The molecule has 1 aromatic carbocycles. The van der Waals surface area contributed by atoms with Gasteiger partial charge in [0.15, 0.2) is 0 Å². The van der Waals surface area contributed by atoms with Gasteiger partial charge < -0.3 is 24.8 Å². The first-order chi connectivity index (χ1) is 17.8. The number of hydrogen-bond donors (Lipinski definition) is 2. The first-order valence-electron chi connectivity index (χ1n) is 12.3. The van der Waals surface area contributed by atoms with Crippen molar-refractivity contribution in [1.29, 1.82) is 0 Å². The molecule has 196 valence electrons. The fourth-order valence-corrected chi connectivity index (χ4v) is 5.11. The largest absolute Gasteiger partial charge is 0.408 e. The van der Waals surface area contributed by atoms with Gasteiger partial charge in [-0.2, -0.15) is 13.2 Å². The lowest BCUT2D eigenvalue weighted by molar-refractivity contribution is -0.159. The number of morpholine rings is 1. The summed E-state index contributed by atoms with van der Waals surface area (Å²) in [6, 6.07) is 7.04. The van der Waals surface area contributed by atoms with E-state index in [0.29, 0.717) is 43.9 Å². The maximum atomic E-state index is 14.0. The zero-order valence-corrected chi connectivity index (χ0v) is 20.3. The molecule has 2 aliphatic heterocycles. The van der Waals surface area contributed by atoms with Crippen molar-refractivity contribution in [2.75, 3.05) is 49.6 Å². The minimum Gasteiger partial charge on any atom is -0.378 e. The zero-order valence-electron chi connectivity index (χ0n) is 20.3. The Morgan fingerprint density at radius 3 is 2.65 bits per heavy atom. The number of benzene rings is 1. The van der Waals surface area contributed by atoms with Crippen molar-refractivity contribution >= 4 is 28.4 Å². The van der Waals surface area contributed by atoms with E-state index < -0.39 is 18.1 Å². The Labute approximate surface area is 212 Å². The van der Waals surface area contributed by atoms with Gasteiger partial charge in [0.2, 0.25) is 5.91 Å². The minimum absolute atomic E-state index is 0.0433. The summed E-state index contributed by atoms with van der Waals surface area (Å²) < 4.78 is 47.6. The first-order valence-corrected chi connectivity index (χ1v) is 12.3. The third-order valence-electron chi connectivity index (χ3n) is 7.00. The molecule has 2 N–H and O–H groups in total. The molecule has 4 heterocycles. The summed E-state index contributed by atoms with van der Waals surface area (Å²) in [5.74, 6) is -0.253. The van der Waals surface area contributed by atoms with Crippen LogP contribution in [0.15, 0.2) is 49.3 Å². The number of likely N-dealkylation sites (tertiary alicyclic amines) is 1. The highest BCUT2D eigenvalue weighted by Gasteiger charge is 2.46. The van der Waals surface area contributed by atoms with Gasteiger partial charge in [0.05, 0.1) is 18.6 Å². The van der Waals surface area contributed by atoms with Crippen LogP contribution >= 0.6 is 0 Å². The molecule has 2 fully saturated rings. The molecule has 0 unspecified atom stereocenters. The SMILES string of the molecule is C=CC(=O)N1CCC[C@H]([C@@H](Nc2ccc(-c3cc4c(N5CCOCC5)ncnc4[nH]3)cc2)C(F)(F)F)C1. The second-order valence-corrected chi connectivity index (χ2v) is 9.37. The number of aromatic amines is 1. The number of aromatic nitrogens is 3. The van der Waals surface area contributed by atoms with Crippen LogP contribution in [0.2, 0.25) is 0 Å². The smallest absolute Gasteiger partial charge is 0.378 e. The van der Waals surface area contributed by atoms with Crippen molar-refractivity contribution in [3.63, 3.8) is 0 Å². The quantitative estimate of drug-likeness (QED) is 0.479. The van der Waals surface area contributed by atoms with E-state index in [2.05, 4.69) is 31.7 Å². The molecule has 1 amide bonds. The summed E-state index contributed by atoms with van der Waals surface area (Å²) in [5.41, 5.74) is 2.68. The third kappa shape index (κ3) is 5.41. The standard InChI is InChI=1S/C26H29F3N6O2/c1-2-22(36)35-9-3-4-18(15-35)23(26(27,28)29)32-19-7-5-17(6-8-19)21-14-20-24(33-21)30-16-31-25(20)34-10-12-37-13-11-34/h2,5-8,14,16,18,23,32H,1,3-4,9-13,15H2,(H,30,31,33)/t18-,23+/m0/s1. The molecule has 37 heavy (non-hydrogen) atoms. The molecule has 11 heteroatoms. The molecular weight excluding hydrogens is 485 g/mol. The molecule has 2 aromatic heterocycles. The maximum absolute atomic E-state index is 14.0. The van der Waals surface area contributed by atoms with Crippen LogP contribution in [0.25, 0.3) is 22.3 Å². The Bertz CT molecular complexity index is 1250. The average molecular weight is 515 g/mol. The number of fused-ring (bicyclic) bond motifs is 1. The third-order valence-corrected chi connectivity index (χ3v) is 7.00. The van der Waals surface area contributed by atoms with E-state index in [0.717, 1.165) is 41.6 Å². The van der Waals surface area contributed by atoms with Crippen molar-refractivity contribution in [3.05, 3.63) is 49.3 Å². The molecule has 2 aliphatic rings. The number of anilines is 2. The number of amides is 1. The number of halogens is 3. The highest BCUT2D eigenvalue weighted by molar-refractivity contribution is 5.92. The second kappa shape index (κ2) is 10.4. The minimum atomic E-state index is -4.46. The fourth-order valence-electron chi connectivity index (χ4n) is 5.11. The van der Waals surface area contributed by atoms with Crippen LogP contribution in [0.1, 0.15) is 12.8 Å². The molecule has 2 atom stereocenters. The Morgan fingerprint density at radius 2 is 1.95 bits per heavy atom. The Kier molecular flexibility index (Phi) is 7.05. The summed E-state index contributed by atoms with van der Waals surface area (Å²) in [5, 5.41) is 3.57. The molecule has 0 radical (unpaired) electrons. The average Bonchev–Trinajstić information content (AvgIpc) is 3.36. The van der Waals surface area contributed by atoms with Crippen LogP contribution in [0.4, 0.5) is 24.7 Å². The van der Waals surface area contributed by atoms with Crippen LogP contribution in [-0.4, -0.2) is 77.4 Å². The molecule has 0 bridgehead atoms. The van der Waals surface area contributed by atoms with E-state index in [-0.39, 0.29) is 12.5 Å². The number of nitrogens with zero attached hydrogens (tertiary/aromatic N) is 4. The summed E-state index contributed by atoms with van der Waals surface area (Å²) in [6.07, 6.45) is -0.885. The van der Waals surface area contributed by atoms with Crippen LogP contribution in [0.5, 0.6) is 0 Å². The predicted octanol–water partition coefficient (Wildman–Crippen LogP) is 4.23. The summed E-state index contributed by atoms with van der Waals surface area (Å²) >= 11 is 0. The van der Waals surface area contributed by atoms with Gasteiger partial charge in [0.1, 0.15) is 23.8 Å². The molecule has 0 saturated carbocycles. The van der Waals surface area contributed by atoms with Crippen LogP contribution in [-0.2, 0) is 9.53 Å². The lowest BCUT2D eigenvalue weighted by Crippen LogP contribution is -2.50. The number of H-pyrrole nitrogens is 1. The molecule has 2 saturated heterocycles. The lowest BCUT2D eigenvalue weighted by Gasteiger charge is -2.38. The Balaban J connectivity index is 1.34. The number of nitrogens with one attached hydrogen (secondary N) is 2. The van der Waals surface area contributed by atoms with Crippen molar-refractivity contribution in [2.45, 2.75) is 25.1 Å². The molecule has 0 spiro atoms. The van der Waals surface area contributed by atoms with E-state index in [4.69, 9.17) is 4.74 Å². The summed E-state index contributed by atoms with van der Waals surface area (Å²) in [6.45, 7) is 6.71. The van der Waals surface area contributed by atoms with Crippen LogP contribution in [0.3, 0.4) is 0 Å². The zero-order chi connectivity index (χ0) is 26.0. The second-order valence-electron chi connectivity index (χ2n) is 9.37. The Morgan fingerprint density at radius 1 is 1.19 bits per heavy atom. The van der Waals surface area contributed by atoms with E-state index in [1.54, 1.807) is 24.3 Å². The first kappa shape index (κ1) is 25.1. The number of hydrogen-bond acceptors (Lipinski definition) is 6. The van der Waals surface area contributed by atoms with Gasteiger partial charge in [0.25, 0.3) is 0 Å². The normalized spacial score (nSPS) is 19.6. The number of rotatable bonds is 6. The summed E-state index contributed by atoms with van der Waals surface area (Å²) in [7, 11) is 0. The number of carbonyl (C=O) groups is 1. The van der Waals surface area contributed by atoms with Crippen molar-refractivity contribution in [2.24, 2.45) is 5.92 Å². The predicted molar refractivity (Wildman–Crippen MR) is 135 cm³/mol. The van der Waals surface area contributed by atoms with Gasteiger partial charge in [-0.25, -0.2) is 9.97 Å². The Hall–Kier alpha value is -3.60. The number of alkyl halides is 3. The van der Waals surface area contributed by atoms with E-state index in [1.807, 2.05) is 6.07 Å².